The number of likely N-dealkylation sites (N-methyl/N-ethyl adjacent to an activating group) is 1. The highest BCUT2D eigenvalue weighted by molar-refractivity contribution is 7.80. The monoisotopic (exact) mass is 603 g/mol. The number of hydrogen-bond donors (Lipinski definition) is 4. The maximum atomic E-state index is 15.3. The first kappa shape index (κ1) is 28.5. The molecular formula is C26H27ClFN7O5S. The number of carbonyl (C=O) groups is 2. The fourth-order valence-electron chi connectivity index (χ4n) is 5.48. The number of aromatic hydroxyl groups is 1. The Morgan fingerprint density at radius 2 is 1.98 bits per heavy atom. The van der Waals surface area contributed by atoms with Gasteiger partial charge in [-0.05, 0) is 49.5 Å². The molecule has 0 amide bonds. The number of hydrogen-bond acceptors (Lipinski definition) is 9. The van der Waals surface area contributed by atoms with Crippen LogP contribution in [0.25, 0.3) is 10.9 Å². The van der Waals surface area contributed by atoms with Crippen molar-refractivity contribution >= 4 is 57.3 Å². The number of allylic oxidation sites excluding steroid dienone is 1. The lowest BCUT2D eigenvalue weighted by molar-refractivity contribution is -0.136. The van der Waals surface area contributed by atoms with Gasteiger partial charge in [0.2, 0.25) is 5.88 Å². The Labute approximate surface area is 244 Å². The minimum absolute atomic E-state index is 0.101. The number of halogens is 2. The van der Waals surface area contributed by atoms with E-state index in [2.05, 4.69) is 20.9 Å². The molecule has 2 unspecified atom stereocenters. The standard InChI is InChI=1S/C26H27ClFN7O5S/c1-2-33-12-17(25(38)39)23(36)16-10-18(28)21(11-20(16)33)34-7-5-32(6-8-34)13-35-19-4-3-14(27)9-15(19)22(24(35)37)29-30-26(41)31-40/h3-4,9-12,16,20,29,37H,2,5-8,13H2,1H3,(H,30,41)(H,38,39). The van der Waals surface area contributed by atoms with Crippen molar-refractivity contribution in [3.05, 3.63) is 63.6 Å². The second kappa shape index (κ2) is 11.5. The summed E-state index contributed by atoms with van der Waals surface area (Å²) >= 11 is 10.9. The van der Waals surface area contributed by atoms with Crippen LogP contribution in [0.3, 0.4) is 0 Å². The van der Waals surface area contributed by atoms with Gasteiger partial charge in [-0.3, -0.25) is 25.1 Å². The number of ketones is 1. The zero-order valence-electron chi connectivity index (χ0n) is 21.9. The molecule has 1 aromatic heterocycles. The summed E-state index contributed by atoms with van der Waals surface area (Å²) < 4.78 is 17.0. The summed E-state index contributed by atoms with van der Waals surface area (Å²) in [5.74, 6) is -3.47. The molecule has 1 aromatic carbocycles. The highest BCUT2D eigenvalue weighted by atomic mass is 35.5. The van der Waals surface area contributed by atoms with Crippen LogP contribution in [0.15, 0.2) is 58.8 Å². The highest BCUT2D eigenvalue weighted by Gasteiger charge is 2.41. The van der Waals surface area contributed by atoms with Gasteiger partial charge in [-0.25, -0.2) is 9.18 Å². The summed E-state index contributed by atoms with van der Waals surface area (Å²) in [6.07, 6.45) is 4.29. The number of nitrogens with zero attached hydrogens (tertiary/aromatic N) is 5. The molecule has 3 aliphatic rings. The number of nitroso groups, excluding NO2 is 1. The van der Waals surface area contributed by atoms with Gasteiger partial charge in [0.05, 0.1) is 29.8 Å². The van der Waals surface area contributed by atoms with Crippen LogP contribution in [0.1, 0.15) is 6.92 Å². The molecule has 41 heavy (non-hydrogen) atoms. The van der Waals surface area contributed by atoms with Crippen LogP contribution in [-0.2, 0) is 16.3 Å². The lowest BCUT2D eigenvalue weighted by Crippen LogP contribution is -2.49. The number of anilines is 1. The van der Waals surface area contributed by atoms with E-state index in [0.29, 0.717) is 61.0 Å². The maximum Gasteiger partial charge on any atom is 0.340 e. The van der Waals surface area contributed by atoms with Crippen molar-refractivity contribution in [3.8, 4) is 5.88 Å². The van der Waals surface area contributed by atoms with Crippen LogP contribution in [0.2, 0.25) is 5.02 Å². The van der Waals surface area contributed by atoms with Gasteiger partial charge in [0.15, 0.2) is 5.78 Å². The number of carbonyl (C=O) groups excluding carboxylic acids is 1. The molecule has 12 nitrogen and oxygen atoms in total. The van der Waals surface area contributed by atoms with Crippen molar-refractivity contribution in [2.75, 3.05) is 38.1 Å². The zero-order chi connectivity index (χ0) is 29.4. The predicted molar refractivity (Wildman–Crippen MR) is 155 cm³/mol. The van der Waals surface area contributed by atoms with Gasteiger partial charge in [0, 0.05) is 54.5 Å². The fraction of sp³-hybridized carbons (Fsp3) is 0.346. The van der Waals surface area contributed by atoms with Crippen LogP contribution < -0.4 is 10.9 Å². The first-order valence-corrected chi connectivity index (χ1v) is 13.6. The first-order valence-electron chi connectivity index (χ1n) is 12.8. The van der Waals surface area contributed by atoms with Gasteiger partial charge in [0.1, 0.15) is 17.1 Å². The first-order chi connectivity index (χ1) is 19.6. The number of aliphatic carboxylic acids is 1. The number of benzene rings is 1. The lowest BCUT2D eigenvalue weighted by atomic mass is 9.82. The molecule has 216 valence electrons. The van der Waals surface area contributed by atoms with E-state index >= 15 is 4.39 Å². The Morgan fingerprint density at radius 1 is 1.24 bits per heavy atom. The number of nitrogens with one attached hydrogen (secondary N) is 2. The van der Waals surface area contributed by atoms with Gasteiger partial charge in [0.25, 0.3) is 5.11 Å². The molecule has 1 aliphatic carbocycles. The highest BCUT2D eigenvalue weighted by Crippen LogP contribution is 2.38. The number of fused-ring (bicyclic) bond motifs is 2. The molecular weight excluding hydrogens is 577 g/mol. The smallest absolute Gasteiger partial charge is 0.340 e. The largest absolute Gasteiger partial charge is 0.493 e. The molecule has 0 saturated carbocycles. The minimum Gasteiger partial charge on any atom is -0.493 e. The molecule has 1 fully saturated rings. The Balaban J connectivity index is 1.32. The second-order valence-electron chi connectivity index (χ2n) is 9.81. The van der Waals surface area contributed by atoms with Crippen molar-refractivity contribution in [2.45, 2.75) is 19.6 Å². The maximum absolute atomic E-state index is 15.3. The van der Waals surface area contributed by atoms with Crippen LogP contribution in [0.5, 0.6) is 5.88 Å². The Hall–Kier alpha value is -4.01. The number of rotatable bonds is 7. The SMILES string of the molecule is CCN1C=C(C(=O)O)C(=O)C2C=C(F)C(N3CCN(Cn4c(O)c(NNC(=S)N=O)c5cc(Cl)ccc54)CC3)=CC21. The lowest BCUT2D eigenvalue weighted by Gasteiger charge is -2.42. The van der Waals surface area contributed by atoms with Gasteiger partial charge < -0.3 is 20.0 Å². The summed E-state index contributed by atoms with van der Waals surface area (Å²) in [6, 6.07) is 4.68. The number of hydrazine groups is 1. The molecule has 1 saturated heterocycles. The fourth-order valence-corrected chi connectivity index (χ4v) is 5.71. The van der Waals surface area contributed by atoms with Crippen molar-refractivity contribution in [2.24, 2.45) is 11.1 Å². The summed E-state index contributed by atoms with van der Waals surface area (Å²) in [5, 5.41) is 23.8. The molecule has 2 atom stereocenters. The third-order valence-corrected chi connectivity index (χ3v) is 7.95. The third-order valence-electron chi connectivity index (χ3n) is 7.54. The summed E-state index contributed by atoms with van der Waals surface area (Å²) in [6.45, 7) is 4.69. The number of Topliss-reactive ketones (excluding diaryl/α,β-unsaturated/α-hetero) is 1. The van der Waals surface area contributed by atoms with Crippen molar-refractivity contribution in [1.82, 2.24) is 24.7 Å². The van der Waals surface area contributed by atoms with Crippen LogP contribution in [0, 0.1) is 10.8 Å². The van der Waals surface area contributed by atoms with Crippen molar-refractivity contribution in [1.29, 1.82) is 0 Å². The van der Waals surface area contributed by atoms with E-state index in [1.807, 2.05) is 11.8 Å². The average Bonchev–Trinajstić information content (AvgIpc) is 3.21. The Morgan fingerprint density at radius 3 is 2.63 bits per heavy atom. The molecule has 2 aromatic rings. The van der Waals surface area contributed by atoms with Gasteiger partial charge in [-0.2, -0.15) is 0 Å². The van der Waals surface area contributed by atoms with Crippen LogP contribution >= 0.6 is 23.8 Å². The van der Waals surface area contributed by atoms with E-state index in [9.17, 15) is 24.7 Å². The predicted octanol–water partition coefficient (Wildman–Crippen LogP) is 3.15. The number of carboxylic acids is 1. The van der Waals surface area contributed by atoms with Crippen molar-refractivity contribution in [3.63, 3.8) is 0 Å². The quantitative estimate of drug-likeness (QED) is 0.160. The molecule has 0 spiro atoms. The zero-order valence-corrected chi connectivity index (χ0v) is 23.5. The normalized spacial score (nSPS) is 21.1. The second-order valence-corrected chi connectivity index (χ2v) is 10.6. The van der Waals surface area contributed by atoms with E-state index in [1.54, 1.807) is 33.7 Å². The minimum atomic E-state index is -1.32. The Kier molecular flexibility index (Phi) is 7.98. The molecule has 0 radical (unpaired) electrons. The topological polar surface area (TPSA) is 143 Å². The third kappa shape index (κ3) is 5.37. The molecule has 5 rings (SSSR count). The van der Waals surface area contributed by atoms with Crippen LogP contribution in [0.4, 0.5) is 10.1 Å². The summed E-state index contributed by atoms with van der Waals surface area (Å²) in [5.41, 5.74) is 6.20. The van der Waals surface area contributed by atoms with Gasteiger partial charge >= 0.3 is 5.97 Å². The van der Waals surface area contributed by atoms with Gasteiger partial charge in [-0.1, -0.05) is 11.6 Å². The number of thiocarbonyl (C=S) groups is 1. The molecule has 15 heteroatoms. The summed E-state index contributed by atoms with van der Waals surface area (Å²) in [4.78, 5) is 40.7. The Bertz CT molecular complexity index is 1530. The molecule has 3 heterocycles. The molecule has 4 N–H and O–H groups in total. The van der Waals surface area contributed by atoms with E-state index in [4.69, 9.17) is 23.8 Å². The van der Waals surface area contributed by atoms with E-state index < -0.39 is 29.5 Å². The molecule has 2 aliphatic heterocycles. The number of carboxylic acid groups (broad SMARTS) is 1. The number of piperazine rings is 1. The summed E-state index contributed by atoms with van der Waals surface area (Å²) in [7, 11) is 0. The molecule has 0 bridgehead atoms. The van der Waals surface area contributed by atoms with Crippen molar-refractivity contribution < 1.29 is 24.2 Å². The van der Waals surface area contributed by atoms with E-state index in [1.165, 1.54) is 12.3 Å². The van der Waals surface area contributed by atoms with E-state index in [-0.39, 0.29) is 22.3 Å². The van der Waals surface area contributed by atoms with E-state index in [0.717, 1.165) is 0 Å². The van der Waals surface area contributed by atoms with Gasteiger partial charge in [-0.15, -0.1) is 4.91 Å². The average molecular weight is 604 g/mol. The van der Waals surface area contributed by atoms with Crippen LogP contribution in [-0.4, -0.2) is 85.1 Å². The number of aromatic nitrogens is 1.